The highest BCUT2D eigenvalue weighted by Crippen LogP contribution is 2.49. The maximum Gasteiger partial charge on any atom is 0.0831 e. The topological polar surface area (TPSA) is 40.5 Å². The van der Waals surface area contributed by atoms with Crippen molar-refractivity contribution >= 4 is 0 Å². The lowest BCUT2D eigenvalue weighted by Crippen LogP contribution is -2.50. The van der Waals surface area contributed by atoms with E-state index in [9.17, 15) is 10.2 Å². The summed E-state index contributed by atoms with van der Waals surface area (Å²) in [5.41, 5.74) is 0.807. The van der Waals surface area contributed by atoms with Gasteiger partial charge in [0.25, 0.3) is 0 Å². The third-order valence-corrected chi connectivity index (χ3v) is 5.01. The van der Waals surface area contributed by atoms with Gasteiger partial charge in [-0.15, -0.1) is 0 Å². The van der Waals surface area contributed by atoms with Crippen molar-refractivity contribution in [2.75, 3.05) is 6.61 Å². The van der Waals surface area contributed by atoms with Crippen LogP contribution >= 0.6 is 0 Å². The van der Waals surface area contributed by atoms with Crippen LogP contribution in [0.25, 0.3) is 0 Å². The average Bonchev–Trinajstić information content (AvgIpc) is 2.40. The van der Waals surface area contributed by atoms with E-state index >= 15 is 0 Å². The molecule has 2 heteroatoms. The van der Waals surface area contributed by atoms with E-state index in [1.807, 2.05) is 0 Å². The normalized spacial score (nSPS) is 36.6. The lowest BCUT2D eigenvalue weighted by atomic mass is 9.57. The molecule has 0 unspecified atom stereocenters. The van der Waals surface area contributed by atoms with Crippen molar-refractivity contribution in [1.29, 1.82) is 0 Å². The minimum Gasteiger partial charge on any atom is -0.396 e. The fourth-order valence-electron chi connectivity index (χ4n) is 3.78. The molecule has 0 aliphatic heterocycles. The van der Waals surface area contributed by atoms with Crippen LogP contribution in [0.2, 0.25) is 0 Å². The Labute approximate surface area is 112 Å². The van der Waals surface area contributed by atoms with Crippen molar-refractivity contribution in [3.8, 4) is 0 Å². The van der Waals surface area contributed by atoms with E-state index in [0.29, 0.717) is 11.8 Å². The third-order valence-electron chi connectivity index (χ3n) is 5.01. The van der Waals surface area contributed by atoms with Gasteiger partial charge in [-0.25, -0.2) is 0 Å². The first kappa shape index (κ1) is 15.7. The van der Waals surface area contributed by atoms with Gasteiger partial charge in [-0.05, 0) is 43.1 Å². The molecule has 1 rings (SSSR count). The summed E-state index contributed by atoms with van der Waals surface area (Å²) in [5.74, 6) is 0.920. The molecule has 1 aliphatic carbocycles. The molecular weight excluding hydrogens is 224 g/mol. The van der Waals surface area contributed by atoms with E-state index in [1.165, 1.54) is 0 Å². The molecule has 106 valence electrons. The Morgan fingerprint density at radius 1 is 1.22 bits per heavy atom. The Bertz CT molecular complexity index is 279. The molecule has 0 bridgehead atoms. The maximum absolute atomic E-state index is 10.7. The van der Waals surface area contributed by atoms with Gasteiger partial charge < -0.3 is 10.2 Å². The van der Waals surface area contributed by atoms with Gasteiger partial charge in [0.2, 0.25) is 0 Å². The molecule has 2 nitrogen and oxygen atoms in total. The van der Waals surface area contributed by atoms with Crippen LogP contribution in [0.1, 0.15) is 59.8 Å². The second kappa shape index (κ2) is 6.72. The molecule has 0 spiro atoms. The predicted octanol–water partition coefficient (Wildman–Crippen LogP) is 3.53. The van der Waals surface area contributed by atoms with E-state index in [0.717, 1.165) is 37.7 Å². The molecular formula is C16H30O2. The lowest BCUT2D eigenvalue weighted by molar-refractivity contribution is -0.0709. The number of hydrogen-bond acceptors (Lipinski definition) is 2. The zero-order valence-electron chi connectivity index (χ0n) is 12.4. The summed E-state index contributed by atoms with van der Waals surface area (Å²) in [6.07, 6.45) is 6.87. The molecule has 1 aliphatic rings. The monoisotopic (exact) mass is 254 g/mol. The van der Waals surface area contributed by atoms with Crippen LogP contribution in [0.4, 0.5) is 0 Å². The minimum atomic E-state index is -0.461. The van der Waals surface area contributed by atoms with Crippen molar-refractivity contribution in [3.63, 3.8) is 0 Å². The highest BCUT2D eigenvalue weighted by Gasteiger charge is 2.48. The number of aliphatic hydroxyl groups is 2. The molecule has 0 saturated heterocycles. The Morgan fingerprint density at radius 2 is 1.89 bits per heavy atom. The van der Waals surface area contributed by atoms with Gasteiger partial charge in [0.15, 0.2) is 0 Å². The number of allylic oxidation sites excluding steroid dienone is 1. The lowest BCUT2D eigenvalue weighted by Gasteiger charge is -2.49. The summed E-state index contributed by atoms with van der Waals surface area (Å²) in [7, 11) is 0. The summed E-state index contributed by atoms with van der Waals surface area (Å²) in [5, 5.41) is 20.6. The summed E-state index contributed by atoms with van der Waals surface area (Å²) >= 11 is 0. The molecule has 0 aromatic rings. The maximum atomic E-state index is 10.7. The molecule has 0 aromatic carbocycles. The van der Waals surface area contributed by atoms with Gasteiger partial charge in [0.1, 0.15) is 0 Å². The Morgan fingerprint density at radius 3 is 2.28 bits per heavy atom. The SMILES string of the molecule is CCC[C@@H]1[C@H](CC)C=C(CC)[C@H](O)[C@@]1(CC)CO. The molecule has 18 heavy (non-hydrogen) atoms. The van der Waals surface area contributed by atoms with Crippen molar-refractivity contribution in [3.05, 3.63) is 11.6 Å². The summed E-state index contributed by atoms with van der Waals surface area (Å²) < 4.78 is 0. The van der Waals surface area contributed by atoms with Gasteiger partial charge in [0.05, 0.1) is 12.7 Å². The fourth-order valence-corrected chi connectivity index (χ4v) is 3.78. The van der Waals surface area contributed by atoms with Crippen molar-refractivity contribution < 1.29 is 10.2 Å². The first-order valence-corrected chi connectivity index (χ1v) is 7.60. The summed E-state index contributed by atoms with van der Waals surface area (Å²) in [4.78, 5) is 0. The van der Waals surface area contributed by atoms with Gasteiger partial charge in [-0.3, -0.25) is 0 Å². The molecule has 2 N–H and O–H groups in total. The predicted molar refractivity (Wildman–Crippen MR) is 76.4 cm³/mol. The van der Waals surface area contributed by atoms with Crippen LogP contribution in [0.5, 0.6) is 0 Å². The van der Waals surface area contributed by atoms with Gasteiger partial charge in [-0.2, -0.15) is 0 Å². The van der Waals surface area contributed by atoms with Crippen molar-refractivity contribution in [2.45, 2.75) is 65.9 Å². The van der Waals surface area contributed by atoms with Crippen LogP contribution in [0.3, 0.4) is 0 Å². The van der Waals surface area contributed by atoms with Crippen LogP contribution in [0, 0.1) is 17.3 Å². The Hall–Kier alpha value is -0.340. The Balaban J connectivity index is 3.20. The number of hydrogen-bond donors (Lipinski definition) is 2. The van der Waals surface area contributed by atoms with E-state index in [2.05, 4.69) is 33.8 Å². The fraction of sp³-hybridized carbons (Fsp3) is 0.875. The van der Waals surface area contributed by atoms with E-state index in [1.54, 1.807) is 0 Å². The Kier molecular flexibility index (Phi) is 5.87. The molecule has 0 aromatic heterocycles. The zero-order chi connectivity index (χ0) is 13.8. The van der Waals surface area contributed by atoms with E-state index in [-0.39, 0.29) is 12.0 Å². The first-order valence-electron chi connectivity index (χ1n) is 7.60. The largest absolute Gasteiger partial charge is 0.396 e. The van der Waals surface area contributed by atoms with Gasteiger partial charge >= 0.3 is 0 Å². The van der Waals surface area contributed by atoms with Crippen molar-refractivity contribution in [2.24, 2.45) is 17.3 Å². The third kappa shape index (κ3) is 2.50. The molecule has 0 radical (unpaired) electrons. The van der Waals surface area contributed by atoms with Crippen LogP contribution in [-0.4, -0.2) is 22.9 Å². The minimum absolute atomic E-state index is 0.100. The highest BCUT2D eigenvalue weighted by atomic mass is 16.3. The smallest absolute Gasteiger partial charge is 0.0831 e. The average molecular weight is 254 g/mol. The van der Waals surface area contributed by atoms with Crippen molar-refractivity contribution in [1.82, 2.24) is 0 Å². The van der Waals surface area contributed by atoms with Gasteiger partial charge in [0, 0.05) is 5.41 Å². The number of rotatable bonds is 6. The van der Waals surface area contributed by atoms with E-state index in [4.69, 9.17) is 0 Å². The molecule has 0 amide bonds. The molecule has 0 heterocycles. The standard InChI is InChI=1S/C16H30O2/c1-5-9-14-12(6-2)10-13(7-3)15(18)16(14,8-4)11-17/h10,12,14-15,17-18H,5-9,11H2,1-4H3/t12-,14-,15+,16+/m1/s1. The second-order valence-electron chi connectivity index (χ2n) is 5.71. The van der Waals surface area contributed by atoms with Gasteiger partial charge in [-0.1, -0.05) is 40.2 Å². The van der Waals surface area contributed by atoms with Crippen LogP contribution in [0.15, 0.2) is 11.6 Å². The molecule has 0 fully saturated rings. The summed E-state index contributed by atoms with van der Waals surface area (Å²) in [6.45, 7) is 8.71. The van der Waals surface area contributed by atoms with Crippen LogP contribution < -0.4 is 0 Å². The van der Waals surface area contributed by atoms with Crippen LogP contribution in [-0.2, 0) is 0 Å². The first-order chi connectivity index (χ1) is 8.61. The zero-order valence-corrected chi connectivity index (χ0v) is 12.4. The quantitative estimate of drug-likeness (QED) is 0.712. The molecule has 4 atom stereocenters. The molecule has 0 saturated carbocycles. The second-order valence-corrected chi connectivity index (χ2v) is 5.71. The number of aliphatic hydroxyl groups excluding tert-OH is 2. The summed E-state index contributed by atoms with van der Waals surface area (Å²) in [6, 6.07) is 0. The van der Waals surface area contributed by atoms with E-state index < -0.39 is 6.10 Å². The highest BCUT2D eigenvalue weighted by molar-refractivity contribution is 5.21.